The van der Waals surface area contributed by atoms with E-state index in [0.717, 1.165) is 0 Å². The van der Waals surface area contributed by atoms with Gasteiger partial charge < -0.3 is 5.73 Å². The van der Waals surface area contributed by atoms with Crippen LogP contribution in [0, 0.1) is 0 Å². The second-order valence-corrected chi connectivity index (χ2v) is 4.30. The third-order valence-electron chi connectivity index (χ3n) is 1.59. The van der Waals surface area contributed by atoms with E-state index < -0.39 is 29.1 Å². The number of hydrogen-bond donors (Lipinski definition) is 1. The summed E-state index contributed by atoms with van der Waals surface area (Å²) in [5.41, 5.74) is 5.57. The van der Waals surface area contributed by atoms with Crippen molar-refractivity contribution in [3.63, 3.8) is 0 Å². The lowest BCUT2D eigenvalue weighted by Crippen LogP contribution is -2.14. The van der Waals surface area contributed by atoms with Gasteiger partial charge in [-0.15, -0.1) is 0 Å². The molecule has 0 aliphatic rings. The van der Waals surface area contributed by atoms with Crippen molar-refractivity contribution in [3.05, 3.63) is 18.3 Å². The van der Waals surface area contributed by atoms with E-state index in [-0.39, 0.29) is 10.7 Å². The molecule has 0 saturated carbocycles. The first kappa shape index (κ1) is 12.0. The monoisotopic (exact) mass is 238 g/mol. The number of pyridine rings is 1. The van der Waals surface area contributed by atoms with E-state index in [1.165, 1.54) is 18.3 Å². The minimum absolute atomic E-state index is 0.0155. The van der Waals surface area contributed by atoms with Gasteiger partial charge in [0.1, 0.15) is 5.03 Å². The van der Waals surface area contributed by atoms with E-state index in [4.69, 9.17) is 5.73 Å². The number of anilines is 1. The molecule has 1 unspecified atom stereocenters. The molecule has 3 nitrogen and oxygen atoms in total. The average molecular weight is 238 g/mol. The molecule has 0 bridgehead atoms. The van der Waals surface area contributed by atoms with E-state index in [1.807, 2.05) is 0 Å². The number of nitrogens with two attached hydrogens (primary N) is 1. The van der Waals surface area contributed by atoms with Crippen LogP contribution in [-0.4, -0.2) is 21.1 Å². The molecule has 0 fully saturated rings. The first-order valence-electron chi connectivity index (χ1n) is 4.06. The molecule has 1 heterocycles. The van der Waals surface area contributed by atoms with Crippen LogP contribution < -0.4 is 5.73 Å². The molecule has 0 radical (unpaired) electrons. The van der Waals surface area contributed by atoms with E-state index >= 15 is 0 Å². The summed E-state index contributed by atoms with van der Waals surface area (Å²) in [4.78, 5) is 3.69. The van der Waals surface area contributed by atoms with Crippen molar-refractivity contribution in [1.29, 1.82) is 0 Å². The maximum atomic E-state index is 11.8. The molecule has 0 spiro atoms. The Morgan fingerprint density at radius 2 is 2.13 bits per heavy atom. The molecule has 2 N–H and O–H groups in total. The van der Waals surface area contributed by atoms with E-state index in [1.54, 1.807) is 0 Å². The van der Waals surface area contributed by atoms with Gasteiger partial charge in [-0.3, -0.25) is 4.21 Å². The highest BCUT2D eigenvalue weighted by molar-refractivity contribution is 7.85. The summed E-state index contributed by atoms with van der Waals surface area (Å²) in [6.07, 6.45) is -4.06. The van der Waals surface area contributed by atoms with E-state index in [0.29, 0.717) is 0 Å². The van der Waals surface area contributed by atoms with Gasteiger partial charge in [0, 0.05) is 11.9 Å². The fourth-order valence-corrected chi connectivity index (χ4v) is 2.02. The highest BCUT2D eigenvalue weighted by Gasteiger charge is 2.28. The van der Waals surface area contributed by atoms with Gasteiger partial charge in [0.15, 0.2) is 0 Å². The number of nitrogens with zero attached hydrogens (tertiary/aromatic N) is 1. The van der Waals surface area contributed by atoms with Crippen LogP contribution in [0.1, 0.15) is 6.42 Å². The number of aromatic nitrogens is 1. The van der Waals surface area contributed by atoms with Crippen LogP contribution >= 0.6 is 0 Å². The van der Waals surface area contributed by atoms with Crippen LogP contribution in [0.5, 0.6) is 0 Å². The molecule has 0 aromatic carbocycles. The number of halogens is 3. The zero-order chi connectivity index (χ0) is 11.5. The third kappa shape index (κ3) is 3.86. The van der Waals surface area contributed by atoms with Gasteiger partial charge >= 0.3 is 6.18 Å². The molecule has 15 heavy (non-hydrogen) atoms. The van der Waals surface area contributed by atoms with Gasteiger partial charge in [-0.25, -0.2) is 4.98 Å². The van der Waals surface area contributed by atoms with Crippen LogP contribution in [-0.2, 0) is 10.8 Å². The summed E-state index contributed by atoms with van der Waals surface area (Å²) in [6.45, 7) is 0. The van der Waals surface area contributed by atoms with Crippen molar-refractivity contribution in [2.24, 2.45) is 0 Å². The van der Waals surface area contributed by atoms with Crippen molar-refractivity contribution in [2.45, 2.75) is 17.6 Å². The Kier molecular flexibility index (Phi) is 3.67. The van der Waals surface area contributed by atoms with Crippen LogP contribution in [0.3, 0.4) is 0 Å². The maximum Gasteiger partial charge on any atom is 0.390 e. The van der Waals surface area contributed by atoms with E-state index in [9.17, 15) is 17.4 Å². The number of alkyl halides is 3. The van der Waals surface area contributed by atoms with Gasteiger partial charge in [0.25, 0.3) is 0 Å². The lowest BCUT2D eigenvalue weighted by Gasteiger charge is -2.06. The Hall–Kier alpha value is -1.11. The largest absolute Gasteiger partial charge is 0.396 e. The molecule has 0 aliphatic heterocycles. The number of nitrogen functional groups attached to an aromatic ring is 1. The third-order valence-corrected chi connectivity index (χ3v) is 2.93. The second-order valence-electron chi connectivity index (χ2n) is 2.81. The molecule has 0 saturated heterocycles. The van der Waals surface area contributed by atoms with Gasteiger partial charge in [-0.2, -0.15) is 13.2 Å². The molecule has 1 aromatic rings. The van der Waals surface area contributed by atoms with Crippen molar-refractivity contribution in [3.8, 4) is 0 Å². The highest BCUT2D eigenvalue weighted by atomic mass is 32.2. The summed E-state index contributed by atoms with van der Waals surface area (Å²) in [5, 5.41) is 0.0155. The Bertz CT molecular complexity index is 367. The first-order chi connectivity index (χ1) is 6.90. The minimum Gasteiger partial charge on any atom is -0.396 e. The lowest BCUT2D eigenvalue weighted by atomic mass is 10.4. The zero-order valence-electron chi connectivity index (χ0n) is 7.62. The SMILES string of the molecule is Nc1cccnc1S(=O)CCC(F)(F)F. The summed E-state index contributed by atoms with van der Waals surface area (Å²) >= 11 is 0. The smallest absolute Gasteiger partial charge is 0.390 e. The van der Waals surface area contributed by atoms with Crippen molar-refractivity contribution in [2.75, 3.05) is 11.5 Å². The maximum absolute atomic E-state index is 11.8. The van der Waals surface area contributed by atoms with Crippen LogP contribution in [0.2, 0.25) is 0 Å². The predicted octanol–water partition coefficient (Wildman–Crippen LogP) is 1.72. The molecular formula is C8H9F3N2OS. The predicted molar refractivity (Wildman–Crippen MR) is 50.6 cm³/mol. The van der Waals surface area contributed by atoms with Crippen molar-refractivity contribution >= 4 is 16.5 Å². The van der Waals surface area contributed by atoms with Gasteiger partial charge in [0.05, 0.1) is 22.9 Å². The van der Waals surface area contributed by atoms with Gasteiger partial charge in [0.2, 0.25) is 0 Å². The molecule has 1 aromatic heterocycles. The lowest BCUT2D eigenvalue weighted by molar-refractivity contribution is -0.129. The molecule has 84 valence electrons. The number of hydrogen-bond acceptors (Lipinski definition) is 3. The standard InChI is InChI=1S/C8H9F3N2OS/c9-8(10,11)3-5-15(14)7-6(12)2-1-4-13-7/h1-2,4H,3,5,12H2. The average Bonchev–Trinajstić information content (AvgIpc) is 2.14. The minimum atomic E-state index is -4.31. The van der Waals surface area contributed by atoms with Gasteiger partial charge in [-0.1, -0.05) is 0 Å². The summed E-state index contributed by atoms with van der Waals surface area (Å²) < 4.78 is 46.9. The van der Waals surface area contributed by atoms with Crippen molar-refractivity contribution < 1.29 is 17.4 Å². The van der Waals surface area contributed by atoms with E-state index in [2.05, 4.69) is 4.98 Å². The zero-order valence-corrected chi connectivity index (χ0v) is 8.44. The Labute approximate surface area is 87.0 Å². The fraction of sp³-hybridized carbons (Fsp3) is 0.375. The quantitative estimate of drug-likeness (QED) is 0.872. The number of rotatable bonds is 3. The first-order valence-corrected chi connectivity index (χ1v) is 5.37. The van der Waals surface area contributed by atoms with Crippen LogP contribution in [0.4, 0.5) is 18.9 Å². The topological polar surface area (TPSA) is 56.0 Å². The van der Waals surface area contributed by atoms with Gasteiger partial charge in [-0.05, 0) is 12.1 Å². The molecular weight excluding hydrogens is 229 g/mol. The molecule has 0 aliphatic carbocycles. The molecule has 1 atom stereocenters. The highest BCUT2D eigenvalue weighted by Crippen LogP contribution is 2.21. The second kappa shape index (κ2) is 4.61. The summed E-state index contributed by atoms with van der Waals surface area (Å²) in [6, 6.07) is 2.98. The van der Waals surface area contributed by atoms with Crippen LogP contribution in [0.15, 0.2) is 23.4 Å². The normalized spacial score (nSPS) is 13.8. The molecule has 0 amide bonds. The Morgan fingerprint density at radius 1 is 1.47 bits per heavy atom. The molecule has 7 heteroatoms. The Balaban J connectivity index is 2.66. The van der Waals surface area contributed by atoms with Crippen LogP contribution in [0.25, 0.3) is 0 Å². The summed E-state index contributed by atoms with van der Waals surface area (Å²) in [5.74, 6) is -0.509. The summed E-state index contributed by atoms with van der Waals surface area (Å²) in [7, 11) is -1.80. The molecule has 1 rings (SSSR count). The van der Waals surface area contributed by atoms with Crippen molar-refractivity contribution in [1.82, 2.24) is 4.98 Å². The Morgan fingerprint density at radius 3 is 2.67 bits per heavy atom. The fourth-order valence-electron chi connectivity index (χ4n) is 0.899.